The number of carbonyl (C=O) groups is 1. The number of fused-ring (bicyclic) bond motifs is 1. The Bertz CT molecular complexity index is 1440. The average molecular weight is 586 g/mol. The van der Waals surface area contributed by atoms with Crippen LogP contribution in [0.2, 0.25) is 5.02 Å². The maximum atomic E-state index is 13.6. The van der Waals surface area contributed by atoms with Gasteiger partial charge in [0.05, 0.1) is 18.7 Å². The van der Waals surface area contributed by atoms with E-state index in [1.54, 1.807) is 30.3 Å². The molecule has 0 saturated carbocycles. The standard InChI is InChI=1S/C33H32ClF4NO2/c34-27-10-12-28(26(17-27)18-33(36,37)38)30-4-1-3-24-16-25(32(40)41)9-11-29(24)31(30)23-7-5-21(6-8-23)15-22-19-39(20-22)14-2-13-35/h5-12,16-17,22H,1-4,13-15,18-20H2,(H,40,41). The summed E-state index contributed by atoms with van der Waals surface area (Å²) in [5.74, 6) is -0.501. The van der Waals surface area contributed by atoms with Crippen molar-refractivity contribution in [3.8, 4) is 0 Å². The summed E-state index contributed by atoms with van der Waals surface area (Å²) in [4.78, 5) is 14.0. The van der Waals surface area contributed by atoms with Crippen molar-refractivity contribution in [3.63, 3.8) is 0 Å². The van der Waals surface area contributed by atoms with Gasteiger partial charge in [0.2, 0.25) is 0 Å². The number of hydrogen-bond acceptors (Lipinski definition) is 2. The van der Waals surface area contributed by atoms with Crippen molar-refractivity contribution in [2.75, 3.05) is 26.3 Å². The van der Waals surface area contributed by atoms with Gasteiger partial charge in [-0.2, -0.15) is 13.2 Å². The highest BCUT2D eigenvalue weighted by Gasteiger charge is 2.31. The fourth-order valence-electron chi connectivity index (χ4n) is 6.15. The summed E-state index contributed by atoms with van der Waals surface area (Å²) in [6.45, 7) is 2.39. The van der Waals surface area contributed by atoms with Gasteiger partial charge >= 0.3 is 12.1 Å². The number of aryl methyl sites for hydroxylation is 1. The smallest absolute Gasteiger partial charge is 0.393 e. The minimum absolute atomic E-state index is 0.127. The third-order valence-electron chi connectivity index (χ3n) is 7.99. The van der Waals surface area contributed by atoms with Crippen LogP contribution in [0.25, 0.3) is 11.1 Å². The van der Waals surface area contributed by atoms with E-state index in [4.69, 9.17) is 11.6 Å². The molecule has 0 unspecified atom stereocenters. The summed E-state index contributed by atoms with van der Waals surface area (Å²) in [6, 6.07) is 17.9. The highest BCUT2D eigenvalue weighted by molar-refractivity contribution is 6.30. The van der Waals surface area contributed by atoms with Gasteiger partial charge in [0, 0.05) is 24.7 Å². The van der Waals surface area contributed by atoms with Crippen molar-refractivity contribution in [1.82, 2.24) is 4.90 Å². The number of rotatable bonds is 9. The molecule has 1 heterocycles. The van der Waals surface area contributed by atoms with Gasteiger partial charge in [-0.15, -0.1) is 0 Å². The van der Waals surface area contributed by atoms with Crippen molar-refractivity contribution < 1.29 is 27.5 Å². The van der Waals surface area contributed by atoms with E-state index in [0.717, 1.165) is 53.9 Å². The highest BCUT2D eigenvalue weighted by atomic mass is 35.5. The first-order valence-electron chi connectivity index (χ1n) is 13.9. The minimum atomic E-state index is -4.40. The van der Waals surface area contributed by atoms with Crippen LogP contribution in [0.3, 0.4) is 0 Å². The molecule has 0 spiro atoms. The molecule has 216 valence electrons. The third kappa shape index (κ3) is 7.02. The van der Waals surface area contributed by atoms with Crippen molar-refractivity contribution in [2.45, 2.75) is 44.7 Å². The molecule has 2 aliphatic rings. The predicted molar refractivity (Wildman–Crippen MR) is 154 cm³/mol. The molecule has 0 atom stereocenters. The Morgan fingerprint density at radius 3 is 2.39 bits per heavy atom. The zero-order valence-electron chi connectivity index (χ0n) is 22.6. The van der Waals surface area contributed by atoms with Gasteiger partial charge in [0.15, 0.2) is 0 Å². The van der Waals surface area contributed by atoms with Crippen molar-refractivity contribution in [3.05, 3.63) is 105 Å². The molecular weight excluding hydrogens is 554 g/mol. The van der Waals surface area contributed by atoms with Crippen LogP contribution in [-0.2, 0) is 19.3 Å². The number of halogens is 5. The summed E-state index contributed by atoms with van der Waals surface area (Å²) in [5.41, 5.74) is 6.22. The number of benzene rings is 3. The molecule has 0 amide bonds. The van der Waals surface area contributed by atoms with Crippen molar-refractivity contribution in [2.24, 2.45) is 5.92 Å². The molecule has 5 rings (SSSR count). The van der Waals surface area contributed by atoms with Gasteiger partial charge < -0.3 is 10.0 Å². The second kappa shape index (κ2) is 12.4. The lowest BCUT2D eigenvalue weighted by Gasteiger charge is -2.39. The number of alkyl halides is 4. The molecule has 3 aromatic carbocycles. The lowest BCUT2D eigenvalue weighted by Crippen LogP contribution is -2.47. The first-order valence-corrected chi connectivity index (χ1v) is 14.3. The molecule has 0 bridgehead atoms. The van der Waals surface area contributed by atoms with Crippen LogP contribution < -0.4 is 0 Å². The van der Waals surface area contributed by atoms with E-state index in [9.17, 15) is 27.5 Å². The molecule has 0 aromatic heterocycles. The molecule has 3 aromatic rings. The Morgan fingerprint density at radius 2 is 1.71 bits per heavy atom. The lowest BCUT2D eigenvalue weighted by atomic mass is 9.84. The first kappa shape index (κ1) is 29.3. The Morgan fingerprint density at radius 1 is 0.976 bits per heavy atom. The molecule has 0 radical (unpaired) electrons. The van der Waals surface area contributed by atoms with Gasteiger partial charge in [-0.3, -0.25) is 4.39 Å². The van der Waals surface area contributed by atoms with Gasteiger partial charge in [0.1, 0.15) is 0 Å². The molecule has 1 fully saturated rings. The fourth-order valence-corrected chi connectivity index (χ4v) is 6.35. The van der Waals surface area contributed by atoms with Gasteiger partial charge in [-0.1, -0.05) is 48.0 Å². The number of likely N-dealkylation sites (tertiary alicyclic amines) is 1. The Kier molecular flexibility index (Phi) is 8.85. The molecule has 1 aliphatic carbocycles. The second-order valence-corrected chi connectivity index (χ2v) is 11.5. The SMILES string of the molecule is O=C(O)c1ccc2c(c1)CCCC(c1ccc(Cl)cc1CC(F)(F)F)=C2c1ccc(CC2CN(CCCF)C2)cc1. The lowest BCUT2D eigenvalue weighted by molar-refractivity contribution is -0.127. The van der Waals surface area contributed by atoms with Crippen LogP contribution in [0.1, 0.15) is 63.0 Å². The van der Waals surface area contributed by atoms with Crippen LogP contribution in [0.4, 0.5) is 17.6 Å². The van der Waals surface area contributed by atoms with Crippen LogP contribution >= 0.6 is 11.6 Å². The molecule has 1 aliphatic heterocycles. The predicted octanol–water partition coefficient (Wildman–Crippen LogP) is 8.27. The number of nitrogens with zero attached hydrogens (tertiary/aromatic N) is 1. The number of allylic oxidation sites excluding steroid dienone is 1. The summed E-state index contributed by atoms with van der Waals surface area (Å²) < 4.78 is 53.3. The third-order valence-corrected chi connectivity index (χ3v) is 8.22. The van der Waals surface area contributed by atoms with E-state index in [-0.39, 0.29) is 22.8 Å². The van der Waals surface area contributed by atoms with E-state index in [1.165, 1.54) is 11.6 Å². The fraction of sp³-hybridized carbons (Fsp3) is 0.364. The highest BCUT2D eigenvalue weighted by Crippen LogP contribution is 2.42. The van der Waals surface area contributed by atoms with Crippen molar-refractivity contribution in [1.29, 1.82) is 0 Å². The van der Waals surface area contributed by atoms with Crippen LogP contribution in [-0.4, -0.2) is 48.5 Å². The molecule has 8 heteroatoms. The average Bonchev–Trinajstić information content (AvgIpc) is 3.08. The number of aromatic carboxylic acids is 1. The topological polar surface area (TPSA) is 40.5 Å². The molecular formula is C33H32ClF4NO2. The normalized spacial score (nSPS) is 16.3. The summed E-state index contributed by atoms with van der Waals surface area (Å²) >= 11 is 6.15. The molecule has 1 saturated heterocycles. The van der Waals surface area contributed by atoms with Crippen LogP contribution in [0.5, 0.6) is 0 Å². The Hall–Kier alpha value is -3.16. The van der Waals surface area contributed by atoms with Crippen molar-refractivity contribution >= 4 is 28.7 Å². The molecule has 41 heavy (non-hydrogen) atoms. The summed E-state index contributed by atoms with van der Waals surface area (Å²) in [5, 5.41) is 9.82. The second-order valence-electron chi connectivity index (χ2n) is 11.0. The zero-order chi connectivity index (χ0) is 29.1. The zero-order valence-corrected chi connectivity index (χ0v) is 23.4. The van der Waals surface area contributed by atoms with Gasteiger partial charge in [0.25, 0.3) is 0 Å². The van der Waals surface area contributed by atoms with Gasteiger partial charge in [-0.05, 0) is 107 Å². The largest absolute Gasteiger partial charge is 0.478 e. The van der Waals surface area contributed by atoms with E-state index in [0.29, 0.717) is 37.2 Å². The van der Waals surface area contributed by atoms with E-state index >= 15 is 0 Å². The van der Waals surface area contributed by atoms with Crippen LogP contribution in [0, 0.1) is 5.92 Å². The number of hydrogen-bond donors (Lipinski definition) is 1. The van der Waals surface area contributed by atoms with E-state index in [1.807, 2.05) is 12.1 Å². The van der Waals surface area contributed by atoms with E-state index in [2.05, 4.69) is 17.0 Å². The molecule has 1 N–H and O–H groups in total. The number of carboxylic acid groups (broad SMARTS) is 1. The van der Waals surface area contributed by atoms with E-state index < -0.39 is 18.6 Å². The van der Waals surface area contributed by atoms with Gasteiger partial charge in [-0.25, -0.2) is 4.79 Å². The Labute approximate surface area is 242 Å². The quantitative estimate of drug-likeness (QED) is 0.257. The minimum Gasteiger partial charge on any atom is -0.478 e. The summed E-state index contributed by atoms with van der Waals surface area (Å²) in [6.07, 6.45) is -2.20. The monoisotopic (exact) mass is 585 g/mol. The molecule has 3 nitrogen and oxygen atoms in total. The Balaban J connectivity index is 1.56. The maximum Gasteiger partial charge on any atom is 0.393 e. The number of carboxylic acids is 1. The maximum absolute atomic E-state index is 13.6. The summed E-state index contributed by atoms with van der Waals surface area (Å²) in [7, 11) is 0. The first-order chi connectivity index (χ1) is 19.6. The van der Waals surface area contributed by atoms with Crippen LogP contribution in [0.15, 0.2) is 60.7 Å².